The van der Waals surface area contributed by atoms with Crippen LogP contribution in [0.25, 0.3) is 0 Å². The lowest BCUT2D eigenvalue weighted by molar-refractivity contribution is -0.139. The van der Waals surface area contributed by atoms with E-state index in [1.165, 1.54) is 0 Å². The largest absolute Gasteiger partial charge is 0.481 e. The molecule has 0 fully saturated rings. The molecule has 0 unspecified atom stereocenters. The molecule has 0 aromatic heterocycles. The Balaban J connectivity index is -0.0000000635. The van der Waals surface area contributed by atoms with E-state index in [9.17, 15) is 19.2 Å². The molecule has 8 heteroatoms. The third kappa shape index (κ3) is 92.7. The quantitative estimate of drug-likeness (QED) is 0.304. The maximum atomic E-state index is 9.90. The van der Waals surface area contributed by atoms with Crippen LogP contribution in [0.4, 0.5) is 0 Å². The highest BCUT2D eigenvalue weighted by molar-refractivity contribution is 5.68. The van der Waals surface area contributed by atoms with Gasteiger partial charge in [-0.2, -0.15) is 0 Å². The number of rotatable bonds is 10. The Hall–Kier alpha value is -3.16. The fourth-order valence-corrected chi connectivity index (χ4v) is 1.10. The van der Waals surface area contributed by atoms with Crippen LogP contribution in [-0.4, -0.2) is 44.3 Å². The SMILES string of the molecule is C=C.C=C.C=C.C=C.O=C(O)CCCCC(=O)O.O=C(O)CCCCC(=O)O. The summed E-state index contributed by atoms with van der Waals surface area (Å²) in [6.45, 7) is 24.0. The van der Waals surface area contributed by atoms with Gasteiger partial charge in [0.05, 0.1) is 0 Å². The first kappa shape index (κ1) is 39.8. The Morgan fingerprint density at radius 1 is 0.393 bits per heavy atom. The summed E-state index contributed by atoms with van der Waals surface area (Å²) >= 11 is 0. The van der Waals surface area contributed by atoms with Gasteiger partial charge in [-0.1, -0.05) is 0 Å². The first-order valence-electron chi connectivity index (χ1n) is 8.13. The fourth-order valence-electron chi connectivity index (χ4n) is 1.10. The molecular formula is C20H36O8. The maximum Gasteiger partial charge on any atom is 0.303 e. The molecule has 0 heterocycles. The van der Waals surface area contributed by atoms with Gasteiger partial charge in [0.25, 0.3) is 0 Å². The fraction of sp³-hybridized carbons (Fsp3) is 0.400. The Labute approximate surface area is 168 Å². The molecule has 0 aliphatic carbocycles. The van der Waals surface area contributed by atoms with Gasteiger partial charge in [0.2, 0.25) is 0 Å². The van der Waals surface area contributed by atoms with Crippen LogP contribution in [0.1, 0.15) is 51.4 Å². The third-order valence-electron chi connectivity index (χ3n) is 2.06. The molecule has 0 radical (unpaired) electrons. The van der Waals surface area contributed by atoms with E-state index >= 15 is 0 Å². The molecule has 0 bridgehead atoms. The van der Waals surface area contributed by atoms with Crippen molar-refractivity contribution in [2.75, 3.05) is 0 Å². The summed E-state index contributed by atoms with van der Waals surface area (Å²) in [7, 11) is 0. The van der Waals surface area contributed by atoms with Crippen molar-refractivity contribution >= 4 is 23.9 Å². The molecular weight excluding hydrogens is 368 g/mol. The van der Waals surface area contributed by atoms with Gasteiger partial charge >= 0.3 is 23.9 Å². The second-order valence-electron chi connectivity index (χ2n) is 3.99. The Morgan fingerprint density at radius 2 is 0.500 bits per heavy atom. The normalized spacial score (nSPS) is 7.14. The lowest BCUT2D eigenvalue weighted by atomic mass is 10.2. The summed E-state index contributed by atoms with van der Waals surface area (Å²) in [6, 6.07) is 0. The summed E-state index contributed by atoms with van der Waals surface area (Å²) in [5.41, 5.74) is 0. The summed E-state index contributed by atoms with van der Waals surface area (Å²) < 4.78 is 0. The zero-order valence-corrected chi connectivity index (χ0v) is 16.7. The van der Waals surface area contributed by atoms with Gasteiger partial charge in [-0.3, -0.25) is 19.2 Å². The molecule has 0 aliphatic heterocycles. The first-order chi connectivity index (χ1) is 13.3. The van der Waals surface area contributed by atoms with Crippen molar-refractivity contribution in [3.05, 3.63) is 52.6 Å². The minimum Gasteiger partial charge on any atom is -0.481 e. The van der Waals surface area contributed by atoms with Crippen molar-refractivity contribution in [1.29, 1.82) is 0 Å². The predicted molar refractivity (Wildman–Crippen MR) is 112 cm³/mol. The number of unbranched alkanes of at least 4 members (excludes halogenated alkanes) is 2. The number of aliphatic carboxylic acids is 4. The monoisotopic (exact) mass is 404 g/mol. The van der Waals surface area contributed by atoms with Crippen LogP contribution < -0.4 is 0 Å². The minimum absolute atomic E-state index is 0.0628. The molecule has 28 heavy (non-hydrogen) atoms. The summed E-state index contributed by atoms with van der Waals surface area (Å²) in [6.07, 6.45) is 2.04. The molecule has 0 atom stereocenters. The molecule has 0 saturated carbocycles. The minimum atomic E-state index is -0.870. The van der Waals surface area contributed by atoms with E-state index in [1.807, 2.05) is 0 Å². The molecule has 0 aliphatic rings. The number of carboxylic acid groups (broad SMARTS) is 4. The van der Waals surface area contributed by atoms with E-state index in [-0.39, 0.29) is 25.7 Å². The Bertz CT molecular complexity index is 308. The second-order valence-corrected chi connectivity index (χ2v) is 3.99. The predicted octanol–water partition coefficient (Wildman–Crippen LogP) is 4.64. The highest BCUT2D eigenvalue weighted by Gasteiger charge is 1.99. The molecule has 0 saturated heterocycles. The molecule has 0 aromatic carbocycles. The van der Waals surface area contributed by atoms with E-state index in [2.05, 4.69) is 52.6 Å². The van der Waals surface area contributed by atoms with Gasteiger partial charge in [0.1, 0.15) is 0 Å². The molecule has 0 spiro atoms. The molecule has 8 nitrogen and oxygen atoms in total. The summed E-state index contributed by atoms with van der Waals surface area (Å²) in [4.78, 5) is 39.6. The van der Waals surface area contributed by atoms with Crippen LogP contribution in [0.2, 0.25) is 0 Å². The Kier molecular flexibility index (Phi) is 62.3. The van der Waals surface area contributed by atoms with Gasteiger partial charge < -0.3 is 20.4 Å². The smallest absolute Gasteiger partial charge is 0.303 e. The number of carboxylic acids is 4. The molecule has 0 amide bonds. The van der Waals surface area contributed by atoms with Crippen LogP contribution in [0.3, 0.4) is 0 Å². The zero-order chi connectivity index (χ0) is 24.0. The van der Waals surface area contributed by atoms with Crippen molar-refractivity contribution < 1.29 is 39.6 Å². The molecule has 0 rings (SSSR count). The average Bonchev–Trinajstić information content (AvgIpc) is 2.69. The van der Waals surface area contributed by atoms with Crippen molar-refractivity contribution in [2.24, 2.45) is 0 Å². The van der Waals surface area contributed by atoms with Crippen molar-refractivity contribution in [2.45, 2.75) is 51.4 Å². The van der Waals surface area contributed by atoms with Crippen LogP contribution in [0.5, 0.6) is 0 Å². The van der Waals surface area contributed by atoms with Crippen LogP contribution in [-0.2, 0) is 19.2 Å². The topological polar surface area (TPSA) is 149 Å². The number of hydrogen-bond donors (Lipinski definition) is 4. The maximum absolute atomic E-state index is 9.90. The summed E-state index contributed by atoms with van der Waals surface area (Å²) in [5.74, 6) is -3.48. The van der Waals surface area contributed by atoms with E-state index in [0.29, 0.717) is 25.7 Å². The van der Waals surface area contributed by atoms with E-state index in [0.717, 1.165) is 0 Å². The lowest BCUT2D eigenvalue weighted by Gasteiger charge is -1.92. The van der Waals surface area contributed by atoms with Crippen molar-refractivity contribution in [3.63, 3.8) is 0 Å². The summed E-state index contributed by atoms with van der Waals surface area (Å²) in [5, 5.41) is 32.5. The standard InChI is InChI=1S/2C6H10O4.4C2H4/c2*7-5(8)3-1-2-4-6(9)10;4*1-2/h2*1-4H2,(H,7,8)(H,9,10);4*1-2H2. The highest BCUT2D eigenvalue weighted by atomic mass is 16.4. The van der Waals surface area contributed by atoms with Crippen LogP contribution in [0.15, 0.2) is 52.6 Å². The molecule has 164 valence electrons. The van der Waals surface area contributed by atoms with Gasteiger partial charge in [-0.15, -0.1) is 52.6 Å². The van der Waals surface area contributed by atoms with Gasteiger partial charge in [-0.05, 0) is 25.7 Å². The highest BCUT2D eigenvalue weighted by Crippen LogP contribution is 1.99. The van der Waals surface area contributed by atoms with Gasteiger partial charge in [0.15, 0.2) is 0 Å². The average molecular weight is 405 g/mol. The number of hydrogen-bond acceptors (Lipinski definition) is 4. The second kappa shape index (κ2) is 43.9. The van der Waals surface area contributed by atoms with E-state index < -0.39 is 23.9 Å². The van der Waals surface area contributed by atoms with Gasteiger partial charge in [0, 0.05) is 25.7 Å². The number of carbonyl (C=O) groups is 4. The van der Waals surface area contributed by atoms with Crippen LogP contribution in [0, 0.1) is 0 Å². The Morgan fingerprint density at radius 3 is 0.571 bits per heavy atom. The van der Waals surface area contributed by atoms with Crippen molar-refractivity contribution in [1.82, 2.24) is 0 Å². The molecule has 4 N–H and O–H groups in total. The van der Waals surface area contributed by atoms with Crippen LogP contribution >= 0.6 is 0 Å². The molecule has 0 aromatic rings. The lowest BCUT2D eigenvalue weighted by Crippen LogP contribution is -1.97. The van der Waals surface area contributed by atoms with E-state index in [4.69, 9.17) is 20.4 Å². The third-order valence-corrected chi connectivity index (χ3v) is 2.06. The zero-order valence-electron chi connectivity index (χ0n) is 16.7. The van der Waals surface area contributed by atoms with Gasteiger partial charge in [-0.25, -0.2) is 0 Å². The van der Waals surface area contributed by atoms with Crippen molar-refractivity contribution in [3.8, 4) is 0 Å². The van der Waals surface area contributed by atoms with E-state index in [1.54, 1.807) is 0 Å². The first-order valence-corrected chi connectivity index (χ1v) is 8.13.